The number of alkyl carbamates (subject to hydrolysis) is 1. The van der Waals surface area contributed by atoms with Crippen LogP contribution in [0.5, 0.6) is 0 Å². The maximum Gasteiger partial charge on any atom is 0.407 e. The molecule has 19 heavy (non-hydrogen) atoms. The summed E-state index contributed by atoms with van der Waals surface area (Å²) in [7, 11) is 1.26. The van der Waals surface area contributed by atoms with Crippen molar-refractivity contribution in [1.82, 2.24) is 20.6 Å². The first-order valence-corrected chi connectivity index (χ1v) is 6.16. The molecule has 1 aliphatic rings. The van der Waals surface area contributed by atoms with Gasteiger partial charge in [-0.15, -0.1) is 0 Å². The summed E-state index contributed by atoms with van der Waals surface area (Å²) in [5.41, 5.74) is 0.954. The third-order valence-electron chi connectivity index (χ3n) is 3.26. The molecular weight excluding hydrogens is 248 g/mol. The molecule has 0 saturated heterocycles. The van der Waals surface area contributed by atoms with Crippen LogP contribution in [0, 0.1) is 6.92 Å². The van der Waals surface area contributed by atoms with Gasteiger partial charge in [0.2, 0.25) is 5.91 Å². The number of amides is 2. The van der Waals surface area contributed by atoms with E-state index in [-0.39, 0.29) is 17.9 Å². The largest absolute Gasteiger partial charge is 0.453 e. The van der Waals surface area contributed by atoms with Crippen LogP contribution in [0.2, 0.25) is 0 Å². The van der Waals surface area contributed by atoms with Crippen molar-refractivity contribution >= 4 is 12.0 Å². The Labute approximate surface area is 111 Å². The highest BCUT2D eigenvalue weighted by atomic mass is 16.5. The first-order chi connectivity index (χ1) is 9.05. The Morgan fingerprint density at radius 2 is 2.21 bits per heavy atom. The second-order valence-corrected chi connectivity index (χ2v) is 4.82. The third-order valence-corrected chi connectivity index (χ3v) is 3.26. The highest BCUT2D eigenvalue weighted by molar-refractivity contribution is 5.82. The normalized spacial score (nSPS) is 15.7. The lowest BCUT2D eigenvalue weighted by molar-refractivity contribution is -0.120. The maximum absolute atomic E-state index is 11.6. The number of ether oxygens (including phenoxy) is 1. The van der Waals surface area contributed by atoms with E-state index in [0.717, 1.165) is 24.4 Å². The van der Waals surface area contributed by atoms with E-state index in [2.05, 4.69) is 25.3 Å². The monoisotopic (exact) mass is 266 g/mol. The third kappa shape index (κ3) is 3.24. The summed E-state index contributed by atoms with van der Waals surface area (Å²) in [5, 5.41) is 5.14. The average Bonchev–Trinajstić information content (AvgIpc) is 3.08. The number of nitrogens with one attached hydrogen (secondary N) is 3. The molecule has 1 saturated carbocycles. The minimum atomic E-state index is -0.613. The van der Waals surface area contributed by atoms with Gasteiger partial charge < -0.3 is 20.4 Å². The number of carbonyl (C=O) groups is 2. The van der Waals surface area contributed by atoms with Gasteiger partial charge in [-0.3, -0.25) is 4.79 Å². The zero-order valence-electron chi connectivity index (χ0n) is 11.1. The van der Waals surface area contributed by atoms with Gasteiger partial charge in [0.1, 0.15) is 5.82 Å². The standard InChI is InChI=1S/C12H18N4O3/c1-8-5-13-10(16-8)12(3-4-12)7-15-9(17)6-14-11(18)19-2/h5H,3-4,6-7H2,1-2H3,(H,13,16)(H,14,18)(H,15,17). The van der Waals surface area contributed by atoms with E-state index in [1.54, 1.807) is 6.20 Å². The van der Waals surface area contributed by atoms with Crippen LogP contribution in [0.4, 0.5) is 4.79 Å². The van der Waals surface area contributed by atoms with Gasteiger partial charge in [0.25, 0.3) is 0 Å². The van der Waals surface area contributed by atoms with Crippen molar-refractivity contribution in [3.8, 4) is 0 Å². The summed E-state index contributed by atoms with van der Waals surface area (Å²) < 4.78 is 4.39. The van der Waals surface area contributed by atoms with Crippen molar-refractivity contribution in [2.45, 2.75) is 25.2 Å². The molecule has 104 valence electrons. The van der Waals surface area contributed by atoms with Crippen LogP contribution in [0.1, 0.15) is 24.4 Å². The second-order valence-electron chi connectivity index (χ2n) is 4.82. The first kappa shape index (κ1) is 13.4. The fourth-order valence-electron chi connectivity index (χ4n) is 1.89. The Bertz CT molecular complexity index is 479. The summed E-state index contributed by atoms with van der Waals surface area (Å²) in [6, 6.07) is 0. The van der Waals surface area contributed by atoms with Crippen LogP contribution in [0.3, 0.4) is 0 Å². The molecule has 1 aromatic rings. The Balaban J connectivity index is 1.79. The Morgan fingerprint density at radius 3 is 2.74 bits per heavy atom. The van der Waals surface area contributed by atoms with E-state index in [1.165, 1.54) is 7.11 Å². The Hall–Kier alpha value is -2.05. The summed E-state index contributed by atoms with van der Waals surface area (Å²) >= 11 is 0. The number of H-pyrrole nitrogens is 1. The van der Waals surface area contributed by atoms with Crippen LogP contribution in [0.15, 0.2) is 6.20 Å². The first-order valence-electron chi connectivity index (χ1n) is 6.16. The summed E-state index contributed by atoms with van der Waals surface area (Å²) in [4.78, 5) is 29.9. The molecule has 7 heteroatoms. The summed E-state index contributed by atoms with van der Waals surface area (Å²) in [5.74, 6) is 0.686. The molecule has 1 heterocycles. The molecular formula is C12H18N4O3. The fraction of sp³-hybridized carbons (Fsp3) is 0.583. The van der Waals surface area contributed by atoms with Crippen molar-refractivity contribution in [3.05, 3.63) is 17.7 Å². The molecule has 2 rings (SSSR count). The van der Waals surface area contributed by atoms with Crippen molar-refractivity contribution in [3.63, 3.8) is 0 Å². The Kier molecular flexibility index (Phi) is 3.73. The molecule has 3 N–H and O–H groups in total. The van der Waals surface area contributed by atoms with Crippen molar-refractivity contribution in [2.24, 2.45) is 0 Å². The smallest absolute Gasteiger partial charge is 0.407 e. The number of aromatic nitrogens is 2. The molecule has 0 bridgehead atoms. The number of imidazole rings is 1. The lowest BCUT2D eigenvalue weighted by Gasteiger charge is -2.13. The van der Waals surface area contributed by atoms with Gasteiger partial charge in [0.05, 0.1) is 13.7 Å². The lowest BCUT2D eigenvalue weighted by atomic mass is 10.1. The van der Waals surface area contributed by atoms with Gasteiger partial charge in [-0.05, 0) is 19.8 Å². The quantitative estimate of drug-likeness (QED) is 0.710. The predicted octanol–water partition coefficient (Wildman–Crippen LogP) is 0.222. The van der Waals surface area contributed by atoms with Gasteiger partial charge >= 0.3 is 6.09 Å². The van der Waals surface area contributed by atoms with E-state index in [4.69, 9.17) is 0 Å². The molecule has 0 unspecified atom stereocenters. The van der Waals surface area contributed by atoms with Crippen LogP contribution < -0.4 is 10.6 Å². The molecule has 0 radical (unpaired) electrons. The van der Waals surface area contributed by atoms with Crippen LogP contribution in [-0.4, -0.2) is 42.2 Å². The van der Waals surface area contributed by atoms with E-state index < -0.39 is 6.09 Å². The summed E-state index contributed by atoms with van der Waals surface area (Å²) in [6.45, 7) is 2.40. The number of carbonyl (C=O) groups excluding carboxylic acids is 2. The topological polar surface area (TPSA) is 96.1 Å². The van der Waals surface area contributed by atoms with E-state index >= 15 is 0 Å². The summed E-state index contributed by atoms with van der Waals surface area (Å²) in [6.07, 6.45) is 3.18. The molecule has 7 nitrogen and oxygen atoms in total. The molecule has 0 aliphatic heterocycles. The molecule has 2 amide bonds. The minimum Gasteiger partial charge on any atom is -0.453 e. The van der Waals surface area contributed by atoms with E-state index in [9.17, 15) is 9.59 Å². The molecule has 0 aromatic carbocycles. The number of rotatable bonds is 5. The number of methoxy groups -OCH3 is 1. The average molecular weight is 266 g/mol. The van der Waals surface area contributed by atoms with Gasteiger partial charge in [-0.25, -0.2) is 9.78 Å². The van der Waals surface area contributed by atoms with Crippen LogP contribution >= 0.6 is 0 Å². The zero-order chi connectivity index (χ0) is 13.9. The number of aryl methyl sites for hydroxylation is 1. The number of aromatic amines is 1. The number of hydrogen-bond acceptors (Lipinski definition) is 4. The van der Waals surface area contributed by atoms with Gasteiger partial charge in [-0.2, -0.15) is 0 Å². The van der Waals surface area contributed by atoms with Crippen LogP contribution in [0.25, 0.3) is 0 Å². The second kappa shape index (κ2) is 5.29. The van der Waals surface area contributed by atoms with Crippen molar-refractivity contribution in [1.29, 1.82) is 0 Å². The SMILES string of the molecule is COC(=O)NCC(=O)NCC1(c2ncc(C)[nH]2)CC1. The number of hydrogen-bond donors (Lipinski definition) is 3. The molecule has 1 aliphatic carbocycles. The highest BCUT2D eigenvalue weighted by Crippen LogP contribution is 2.46. The molecule has 1 aromatic heterocycles. The maximum atomic E-state index is 11.6. The van der Waals surface area contributed by atoms with Crippen LogP contribution in [-0.2, 0) is 14.9 Å². The lowest BCUT2D eigenvalue weighted by Crippen LogP contribution is -2.40. The van der Waals surface area contributed by atoms with E-state index in [0.29, 0.717) is 6.54 Å². The van der Waals surface area contributed by atoms with Gasteiger partial charge in [0, 0.05) is 23.9 Å². The highest BCUT2D eigenvalue weighted by Gasteiger charge is 2.46. The van der Waals surface area contributed by atoms with Crippen molar-refractivity contribution < 1.29 is 14.3 Å². The predicted molar refractivity (Wildman–Crippen MR) is 67.7 cm³/mol. The van der Waals surface area contributed by atoms with Gasteiger partial charge in [-0.1, -0.05) is 0 Å². The number of nitrogens with zero attached hydrogens (tertiary/aromatic N) is 1. The van der Waals surface area contributed by atoms with E-state index in [1.807, 2.05) is 6.92 Å². The van der Waals surface area contributed by atoms with Gasteiger partial charge in [0.15, 0.2) is 0 Å². The fourth-order valence-corrected chi connectivity index (χ4v) is 1.89. The molecule has 0 atom stereocenters. The Morgan fingerprint density at radius 1 is 1.47 bits per heavy atom. The molecule has 1 fully saturated rings. The minimum absolute atomic E-state index is 0.0603. The van der Waals surface area contributed by atoms with Crippen molar-refractivity contribution in [2.75, 3.05) is 20.2 Å². The molecule has 0 spiro atoms. The zero-order valence-corrected chi connectivity index (χ0v) is 11.1.